The van der Waals surface area contributed by atoms with E-state index >= 15 is 0 Å². The summed E-state index contributed by atoms with van der Waals surface area (Å²) in [6.45, 7) is 1.95. The first-order valence-electron chi connectivity index (χ1n) is 6.95. The Morgan fingerprint density at radius 2 is 2.32 bits per heavy atom. The molecular formula is C15H22N2O2. The molecule has 1 heterocycles. The number of carbonyl (C=O) groups is 1. The second-order valence-corrected chi connectivity index (χ2v) is 4.88. The lowest BCUT2D eigenvalue weighted by Crippen LogP contribution is -2.32. The summed E-state index contributed by atoms with van der Waals surface area (Å²) in [7, 11) is 1.77. The van der Waals surface area contributed by atoms with Crippen LogP contribution in [0.1, 0.15) is 24.0 Å². The molecule has 1 aromatic carbocycles. The molecular weight excluding hydrogens is 240 g/mol. The van der Waals surface area contributed by atoms with Gasteiger partial charge in [0.25, 0.3) is 0 Å². The first-order chi connectivity index (χ1) is 9.29. The molecule has 19 heavy (non-hydrogen) atoms. The molecule has 0 aliphatic carbocycles. The van der Waals surface area contributed by atoms with Gasteiger partial charge in [0.05, 0.1) is 13.2 Å². The number of carbonyl (C=O) groups excluding carboxylic acids is 1. The van der Waals surface area contributed by atoms with Gasteiger partial charge in [-0.15, -0.1) is 0 Å². The van der Waals surface area contributed by atoms with E-state index in [9.17, 15) is 4.79 Å². The molecule has 104 valence electrons. The molecule has 0 bridgehead atoms. The van der Waals surface area contributed by atoms with Crippen LogP contribution in [-0.4, -0.2) is 32.7 Å². The van der Waals surface area contributed by atoms with Crippen LogP contribution in [0, 0.1) is 0 Å². The Morgan fingerprint density at radius 1 is 1.42 bits per heavy atom. The van der Waals surface area contributed by atoms with Crippen LogP contribution in [0.2, 0.25) is 0 Å². The molecule has 0 unspecified atom stereocenters. The molecule has 1 aliphatic heterocycles. The van der Waals surface area contributed by atoms with E-state index < -0.39 is 0 Å². The van der Waals surface area contributed by atoms with Gasteiger partial charge in [0.1, 0.15) is 5.75 Å². The lowest BCUT2D eigenvalue weighted by Gasteiger charge is -2.17. The third kappa shape index (κ3) is 4.24. The number of hydrogen-bond donors (Lipinski definition) is 2. The van der Waals surface area contributed by atoms with Crippen LogP contribution < -0.4 is 15.4 Å². The molecule has 4 nitrogen and oxygen atoms in total. The molecule has 4 heteroatoms. The monoisotopic (exact) mass is 262 g/mol. The van der Waals surface area contributed by atoms with Crippen LogP contribution >= 0.6 is 0 Å². The summed E-state index contributed by atoms with van der Waals surface area (Å²) < 4.78 is 5.60. The van der Waals surface area contributed by atoms with E-state index in [1.807, 2.05) is 0 Å². The highest BCUT2D eigenvalue weighted by Gasteiger charge is 2.10. The number of nitrogens with one attached hydrogen (secondary N) is 2. The van der Waals surface area contributed by atoms with Gasteiger partial charge in [-0.2, -0.15) is 0 Å². The van der Waals surface area contributed by atoms with Crippen molar-refractivity contribution in [1.29, 1.82) is 0 Å². The number of fused-ring (bicyclic) bond motifs is 1. The van der Waals surface area contributed by atoms with Crippen molar-refractivity contribution in [3.8, 4) is 5.75 Å². The Kier molecular flexibility index (Phi) is 5.21. The first-order valence-corrected chi connectivity index (χ1v) is 6.95. The minimum Gasteiger partial charge on any atom is -0.493 e. The first kappa shape index (κ1) is 13.9. The zero-order chi connectivity index (χ0) is 13.5. The molecule has 0 spiro atoms. The fourth-order valence-corrected chi connectivity index (χ4v) is 2.31. The molecule has 2 N–H and O–H groups in total. The summed E-state index contributed by atoms with van der Waals surface area (Å²) in [5, 5.41) is 5.72. The zero-order valence-corrected chi connectivity index (χ0v) is 11.5. The van der Waals surface area contributed by atoms with Crippen LogP contribution in [0.15, 0.2) is 18.2 Å². The van der Waals surface area contributed by atoms with E-state index in [4.69, 9.17) is 4.74 Å². The highest BCUT2D eigenvalue weighted by atomic mass is 16.5. The van der Waals surface area contributed by atoms with E-state index in [1.165, 1.54) is 11.1 Å². The van der Waals surface area contributed by atoms with Gasteiger partial charge < -0.3 is 15.4 Å². The van der Waals surface area contributed by atoms with Gasteiger partial charge in [-0.1, -0.05) is 12.1 Å². The maximum Gasteiger partial charge on any atom is 0.233 e. The molecule has 0 saturated heterocycles. The van der Waals surface area contributed by atoms with Crippen LogP contribution in [-0.2, 0) is 17.6 Å². The summed E-state index contributed by atoms with van der Waals surface area (Å²) >= 11 is 0. The second kappa shape index (κ2) is 7.14. The van der Waals surface area contributed by atoms with E-state index in [0.29, 0.717) is 6.54 Å². The molecule has 0 aromatic heterocycles. The number of likely N-dealkylation sites (N-methyl/N-ethyl adjacent to an activating group) is 1. The molecule has 1 amide bonds. The van der Waals surface area contributed by atoms with Gasteiger partial charge in [-0.3, -0.25) is 4.79 Å². The lowest BCUT2D eigenvalue weighted by atomic mass is 10.0. The van der Waals surface area contributed by atoms with Crippen LogP contribution in [0.5, 0.6) is 5.75 Å². The average Bonchev–Trinajstić information content (AvgIpc) is 2.44. The number of hydrogen-bond acceptors (Lipinski definition) is 3. The fourth-order valence-electron chi connectivity index (χ4n) is 2.31. The minimum atomic E-state index is 0.0568. The molecule has 0 fully saturated rings. The largest absolute Gasteiger partial charge is 0.493 e. The summed E-state index contributed by atoms with van der Waals surface area (Å²) in [5.41, 5.74) is 2.65. The van der Waals surface area contributed by atoms with Crippen LogP contribution in [0.3, 0.4) is 0 Å². The van der Waals surface area contributed by atoms with Crippen LogP contribution in [0.4, 0.5) is 0 Å². The van der Waals surface area contributed by atoms with Crippen molar-refractivity contribution in [3.63, 3.8) is 0 Å². The van der Waals surface area contributed by atoms with E-state index in [2.05, 4.69) is 28.8 Å². The Morgan fingerprint density at radius 3 is 3.16 bits per heavy atom. The summed E-state index contributed by atoms with van der Waals surface area (Å²) in [6.07, 6.45) is 4.18. The van der Waals surface area contributed by atoms with Crippen molar-refractivity contribution in [2.24, 2.45) is 0 Å². The maximum absolute atomic E-state index is 11.3. The standard InChI is InChI=1S/C15H22N2O2/c1-16-11-15(18)17-8-2-4-12-6-7-14-13(10-12)5-3-9-19-14/h6-7,10,16H,2-5,8-9,11H2,1H3,(H,17,18). The number of benzene rings is 1. The van der Waals surface area contributed by atoms with E-state index in [0.717, 1.165) is 44.6 Å². The van der Waals surface area contributed by atoms with E-state index in [1.54, 1.807) is 7.05 Å². The van der Waals surface area contributed by atoms with Gasteiger partial charge in [0.15, 0.2) is 0 Å². The van der Waals surface area contributed by atoms with Crippen molar-refractivity contribution in [3.05, 3.63) is 29.3 Å². The molecule has 1 aliphatic rings. The molecule has 0 radical (unpaired) electrons. The molecule has 2 rings (SSSR count). The fraction of sp³-hybridized carbons (Fsp3) is 0.533. The summed E-state index contributed by atoms with van der Waals surface area (Å²) in [4.78, 5) is 11.3. The quantitative estimate of drug-likeness (QED) is 0.759. The Balaban J connectivity index is 1.75. The van der Waals surface area contributed by atoms with Gasteiger partial charge in [-0.05, 0) is 49.9 Å². The maximum atomic E-state index is 11.3. The zero-order valence-electron chi connectivity index (χ0n) is 11.5. The summed E-state index contributed by atoms with van der Waals surface area (Å²) in [5.74, 6) is 1.10. The van der Waals surface area contributed by atoms with Crippen LogP contribution in [0.25, 0.3) is 0 Å². The van der Waals surface area contributed by atoms with Crippen molar-refractivity contribution in [2.75, 3.05) is 26.7 Å². The Hall–Kier alpha value is -1.55. The average molecular weight is 262 g/mol. The van der Waals surface area contributed by atoms with Crippen molar-refractivity contribution in [1.82, 2.24) is 10.6 Å². The van der Waals surface area contributed by atoms with Gasteiger partial charge in [0.2, 0.25) is 5.91 Å². The molecule has 0 atom stereocenters. The predicted octanol–water partition coefficient (Wildman–Crippen LogP) is 1.28. The Bertz CT molecular complexity index is 432. The van der Waals surface area contributed by atoms with Gasteiger partial charge >= 0.3 is 0 Å². The molecule has 0 saturated carbocycles. The SMILES string of the molecule is CNCC(=O)NCCCc1ccc2c(c1)CCCO2. The lowest BCUT2D eigenvalue weighted by molar-refractivity contribution is -0.120. The van der Waals surface area contributed by atoms with Crippen molar-refractivity contribution < 1.29 is 9.53 Å². The minimum absolute atomic E-state index is 0.0568. The Labute approximate surface area is 114 Å². The topological polar surface area (TPSA) is 50.4 Å². The smallest absolute Gasteiger partial charge is 0.233 e. The molecule has 1 aromatic rings. The van der Waals surface area contributed by atoms with Gasteiger partial charge in [0, 0.05) is 6.54 Å². The second-order valence-electron chi connectivity index (χ2n) is 4.88. The number of ether oxygens (including phenoxy) is 1. The predicted molar refractivity (Wildman–Crippen MR) is 75.5 cm³/mol. The van der Waals surface area contributed by atoms with Crippen molar-refractivity contribution in [2.45, 2.75) is 25.7 Å². The van der Waals surface area contributed by atoms with Crippen molar-refractivity contribution >= 4 is 5.91 Å². The third-order valence-corrected chi connectivity index (χ3v) is 3.27. The highest BCUT2D eigenvalue weighted by Crippen LogP contribution is 2.25. The highest BCUT2D eigenvalue weighted by molar-refractivity contribution is 5.77. The number of amides is 1. The summed E-state index contributed by atoms with van der Waals surface area (Å²) in [6, 6.07) is 6.44. The number of aryl methyl sites for hydroxylation is 2. The normalized spacial score (nSPS) is 13.5. The third-order valence-electron chi connectivity index (χ3n) is 3.27. The number of rotatable bonds is 6. The van der Waals surface area contributed by atoms with Gasteiger partial charge in [-0.25, -0.2) is 0 Å². The van der Waals surface area contributed by atoms with E-state index in [-0.39, 0.29) is 5.91 Å².